The molecule has 2 rings (SSSR count). The van der Waals surface area contributed by atoms with Gasteiger partial charge in [-0.2, -0.15) is 0 Å². The van der Waals surface area contributed by atoms with Crippen LogP contribution in [0.1, 0.15) is 31.1 Å². The van der Waals surface area contributed by atoms with E-state index >= 15 is 0 Å². The Labute approximate surface area is 100 Å². The van der Waals surface area contributed by atoms with E-state index in [-0.39, 0.29) is 11.4 Å². The molecule has 0 bridgehead atoms. The standard InChI is InChI=1S/C13H15N3O/c1-13(2,3)16-12(17)9-5-4-6-10-11(9)15-8-7-14-10/h4-8H,1-3H3,(H,16,17). The largest absolute Gasteiger partial charge is 0.347 e. The Morgan fingerprint density at radius 3 is 2.59 bits per heavy atom. The molecule has 0 spiro atoms. The van der Waals surface area contributed by atoms with E-state index in [1.54, 1.807) is 18.5 Å². The van der Waals surface area contributed by atoms with E-state index in [4.69, 9.17) is 0 Å². The van der Waals surface area contributed by atoms with E-state index in [0.29, 0.717) is 11.1 Å². The summed E-state index contributed by atoms with van der Waals surface area (Å²) in [5, 5.41) is 2.92. The predicted molar refractivity (Wildman–Crippen MR) is 66.8 cm³/mol. The Bertz CT molecular complexity index is 553. The van der Waals surface area contributed by atoms with E-state index in [0.717, 1.165) is 5.52 Å². The molecule has 1 N–H and O–H groups in total. The number of rotatable bonds is 1. The summed E-state index contributed by atoms with van der Waals surface area (Å²) >= 11 is 0. The monoisotopic (exact) mass is 229 g/mol. The van der Waals surface area contributed by atoms with Crippen LogP contribution in [0.3, 0.4) is 0 Å². The minimum absolute atomic E-state index is 0.122. The van der Waals surface area contributed by atoms with Gasteiger partial charge in [-0.3, -0.25) is 14.8 Å². The van der Waals surface area contributed by atoms with Gasteiger partial charge < -0.3 is 5.32 Å². The van der Waals surface area contributed by atoms with Crippen LogP contribution in [0, 0.1) is 0 Å². The Hall–Kier alpha value is -1.97. The summed E-state index contributed by atoms with van der Waals surface area (Å²) in [5.41, 5.74) is 1.66. The molecule has 88 valence electrons. The number of nitrogens with one attached hydrogen (secondary N) is 1. The Morgan fingerprint density at radius 2 is 1.88 bits per heavy atom. The zero-order chi connectivity index (χ0) is 12.5. The molecule has 0 aliphatic rings. The van der Waals surface area contributed by atoms with E-state index in [1.165, 1.54) is 0 Å². The first-order valence-corrected chi connectivity index (χ1v) is 5.50. The topological polar surface area (TPSA) is 54.9 Å². The summed E-state index contributed by atoms with van der Waals surface area (Å²) in [6.07, 6.45) is 3.21. The van der Waals surface area contributed by atoms with Gasteiger partial charge in [0.15, 0.2) is 0 Å². The Morgan fingerprint density at radius 1 is 1.18 bits per heavy atom. The third-order valence-electron chi connectivity index (χ3n) is 2.23. The maximum absolute atomic E-state index is 12.1. The van der Waals surface area contributed by atoms with E-state index in [2.05, 4.69) is 15.3 Å². The maximum Gasteiger partial charge on any atom is 0.253 e. The average Bonchev–Trinajstić information content (AvgIpc) is 2.26. The third-order valence-corrected chi connectivity index (χ3v) is 2.23. The van der Waals surface area contributed by atoms with Crippen molar-refractivity contribution in [1.82, 2.24) is 15.3 Å². The van der Waals surface area contributed by atoms with Gasteiger partial charge in [0, 0.05) is 17.9 Å². The van der Waals surface area contributed by atoms with Crippen molar-refractivity contribution >= 4 is 16.9 Å². The lowest BCUT2D eigenvalue weighted by Crippen LogP contribution is -2.40. The molecule has 0 aliphatic heterocycles. The second-order valence-corrected chi connectivity index (χ2v) is 4.93. The molecule has 1 aromatic carbocycles. The highest BCUT2D eigenvalue weighted by molar-refractivity contribution is 6.04. The molecule has 17 heavy (non-hydrogen) atoms. The van der Waals surface area contributed by atoms with Gasteiger partial charge in [-0.1, -0.05) is 6.07 Å². The van der Waals surface area contributed by atoms with Crippen molar-refractivity contribution in [3.8, 4) is 0 Å². The molecule has 1 heterocycles. The summed E-state index contributed by atoms with van der Waals surface area (Å²) < 4.78 is 0. The van der Waals surface area contributed by atoms with Crippen molar-refractivity contribution in [2.75, 3.05) is 0 Å². The molecular formula is C13H15N3O. The molecule has 0 saturated heterocycles. The lowest BCUT2D eigenvalue weighted by Gasteiger charge is -2.20. The van der Waals surface area contributed by atoms with Crippen molar-refractivity contribution in [2.24, 2.45) is 0 Å². The number of amides is 1. The normalized spacial score (nSPS) is 11.5. The summed E-state index contributed by atoms with van der Waals surface area (Å²) in [6.45, 7) is 5.84. The van der Waals surface area contributed by atoms with E-state index < -0.39 is 0 Å². The predicted octanol–water partition coefficient (Wildman–Crippen LogP) is 2.16. The Balaban J connectivity index is 2.45. The quantitative estimate of drug-likeness (QED) is 0.815. The molecular weight excluding hydrogens is 214 g/mol. The van der Waals surface area contributed by atoms with Gasteiger partial charge in [0.05, 0.1) is 11.1 Å². The highest BCUT2D eigenvalue weighted by Crippen LogP contribution is 2.14. The fraction of sp³-hybridized carbons (Fsp3) is 0.308. The SMILES string of the molecule is CC(C)(C)NC(=O)c1cccc2nccnc12. The van der Waals surface area contributed by atoms with Crippen LogP contribution in [-0.2, 0) is 0 Å². The van der Waals surface area contributed by atoms with Gasteiger partial charge in [-0.15, -0.1) is 0 Å². The molecule has 4 nitrogen and oxygen atoms in total. The molecule has 0 saturated carbocycles. The molecule has 2 aromatic rings. The molecule has 0 fully saturated rings. The number of fused-ring (bicyclic) bond motifs is 1. The highest BCUT2D eigenvalue weighted by Gasteiger charge is 2.17. The molecule has 0 atom stereocenters. The van der Waals surface area contributed by atoms with Crippen molar-refractivity contribution in [2.45, 2.75) is 26.3 Å². The highest BCUT2D eigenvalue weighted by atomic mass is 16.1. The van der Waals surface area contributed by atoms with Gasteiger partial charge in [-0.05, 0) is 32.9 Å². The second-order valence-electron chi connectivity index (χ2n) is 4.93. The zero-order valence-corrected chi connectivity index (χ0v) is 10.2. The van der Waals surface area contributed by atoms with Crippen molar-refractivity contribution in [1.29, 1.82) is 0 Å². The van der Waals surface area contributed by atoms with Crippen molar-refractivity contribution in [3.05, 3.63) is 36.2 Å². The van der Waals surface area contributed by atoms with Crippen LogP contribution >= 0.6 is 0 Å². The number of hydrogen-bond donors (Lipinski definition) is 1. The number of benzene rings is 1. The molecule has 1 amide bonds. The molecule has 0 unspecified atom stereocenters. The number of carbonyl (C=O) groups is 1. The lowest BCUT2D eigenvalue weighted by atomic mass is 10.1. The van der Waals surface area contributed by atoms with E-state index in [9.17, 15) is 4.79 Å². The zero-order valence-electron chi connectivity index (χ0n) is 10.2. The van der Waals surface area contributed by atoms with Gasteiger partial charge >= 0.3 is 0 Å². The molecule has 0 aliphatic carbocycles. The van der Waals surface area contributed by atoms with Crippen LogP contribution in [0.4, 0.5) is 0 Å². The first-order valence-electron chi connectivity index (χ1n) is 5.50. The summed E-state index contributed by atoms with van der Waals surface area (Å²) in [5.74, 6) is -0.122. The van der Waals surface area contributed by atoms with Crippen LogP contribution in [0.2, 0.25) is 0 Å². The van der Waals surface area contributed by atoms with Crippen LogP contribution in [0.25, 0.3) is 11.0 Å². The van der Waals surface area contributed by atoms with Gasteiger partial charge in [-0.25, -0.2) is 0 Å². The molecule has 0 radical (unpaired) electrons. The number of para-hydroxylation sites is 1. The van der Waals surface area contributed by atoms with Crippen LogP contribution < -0.4 is 5.32 Å². The smallest absolute Gasteiger partial charge is 0.253 e. The minimum Gasteiger partial charge on any atom is -0.347 e. The molecule has 4 heteroatoms. The summed E-state index contributed by atoms with van der Waals surface area (Å²) in [4.78, 5) is 20.5. The fourth-order valence-corrected chi connectivity index (χ4v) is 1.58. The first kappa shape index (κ1) is 11.5. The maximum atomic E-state index is 12.1. The number of nitrogens with zero attached hydrogens (tertiary/aromatic N) is 2. The van der Waals surface area contributed by atoms with Crippen LogP contribution in [0.15, 0.2) is 30.6 Å². The first-order chi connectivity index (χ1) is 7.97. The van der Waals surface area contributed by atoms with E-state index in [1.807, 2.05) is 32.9 Å². The average molecular weight is 229 g/mol. The second kappa shape index (κ2) is 4.13. The summed E-state index contributed by atoms with van der Waals surface area (Å²) in [6, 6.07) is 5.42. The van der Waals surface area contributed by atoms with Crippen LogP contribution in [0.5, 0.6) is 0 Å². The number of carbonyl (C=O) groups excluding carboxylic acids is 1. The van der Waals surface area contributed by atoms with Crippen molar-refractivity contribution < 1.29 is 4.79 Å². The third kappa shape index (κ3) is 2.58. The van der Waals surface area contributed by atoms with Gasteiger partial charge in [0.1, 0.15) is 5.52 Å². The van der Waals surface area contributed by atoms with Crippen LogP contribution in [-0.4, -0.2) is 21.4 Å². The molecule has 1 aromatic heterocycles. The van der Waals surface area contributed by atoms with Gasteiger partial charge in [0.2, 0.25) is 0 Å². The van der Waals surface area contributed by atoms with Gasteiger partial charge in [0.25, 0.3) is 5.91 Å². The summed E-state index contributed by atoms with van der Waals surface area (Å²) in [7, 11) is 0. The fourth-order valence-electron chi connectivity index (χ4n) is 1.58. The van der Waals surface area contributed by atoms with Crippen molar-refractivity contribution in [3.63, 3.8) is 0 Å². The number of hydrogen-bond acceptors (Lipinski definition) is 3. The Kier molecular flexibility index (Phi) is 2.79. The lowest BCUT2D eigenvalue weighted by molar-refractivity contribution is 0.0921. The minimum atomic E-state index is -0.262. The number of aromatic nitrogens is 2.